The van der Waals surface area contributed by atoms with Gasteiger partial charge < -0.3 is 0 Å². The maximum absolute atomic E-state index is 3.74. The maximum atomic E-state index is 3.74. The van der Waals surface area contributed by atoms with Crippen LogP contribution in [-0.2, 0) is 5.75 Å². The molecule has 1 heteroatoms. The minimum Gasteiger partial charge on any atom is -0.0980 e. The van der Waals surface area contributed by atoms with Crippen molar-refractivity contribution in [2.24, 2.45) is 0 Å². The molecule has 0 spiro atoms. The van der Waals surface area contributed by atoms with Gasteiger partial charge in [0, 0.05) is 0 Å². The van der Waals surface area contributed by atoms with E-state index in [0.29, 0.717) is 0 Å². The Hall–Kier alpha value is -1.08. The third-order valence-corrected chi connectivity index (χ3v) is 3.01. The molecule has 12 heavy (non-hydrogen) atoms. The largest absolute Gasteiger partial charge is 0.145 e. The van der Waals surface area contributed by atoms with Crippen LogP contribution in [0.1, 0.15) is 0 Å². The van der Waals surface area contributed by atoms with Gasteiger partial charge >= 0.3 is 0 Å². The summed E-state index contributed by atoms with van der Waals surface area (Å²) < 4.78 is 0. The molecule has 0 saturated carbocycles. The van der Waals surface area contributed by atoms with Crippen LogP contribution in [0.4, 0.5) is 0 Å². The monoisotopic (exact) mass is 177 g/mol. The molecule has 62 valence electrons. The van der Waals surface area contributed by atoms with Crippen molar-refractivity contribution < 1.29 is 0 Å². The molecule has 0 aromatic carbocycles. The Bertz CT molecular complexity index is 261. The van der Waals surface area contributed by atoms with Gasteiger partial charge in [-0.2, -0.15) is 0 Å². The first-order valence-electron chi connectivity index (χ1n) is 3.91. The van der Waals surface area contributed by atoms with Crippen LogP contribution in [0.3, 0.4) is 0 Å². The quantitative estimate of drug-likeness (QED) is 0.477. The molecular weight excluding hydrogens is 164 g/mol. The standard InChI is InChI=1S/C11H13S/c1-2-9-12-10-7-5-3-4-6-8-11-12/h2-8,10-11H,1,9H2/q+1. The van der Waals surface area contributed by atoms with E-state index in [9.17, 15) is 0 Å². The van der Waals surface area contributed by atoms with Gasteiger partial charge in [0.1, 0.15) is 16.5 Å². The normalized spacial score (nSPS) is 8.67. The Morgan fingerprint density at radius 3 is 1.92 bits per heavy atom. The second kappa shape index (κ2) is 5.56. The van der Waals surface area contributed by atoms with E-state index in [1.807, 2.05) is 30.3 Å². The van der Waals surface area contributed by atoms with Crippen LogP contribution >= 0.6 is 10.5 Å². The van der Waals surface area contributed by atoms with Crippen LogP contribution in [0.15, 0.2) is 59.8 Å². The van der Waals surface area contributed by atoms with E-state index < -0.39 is 0 Å². The van der Waals surface area contributed by atoms with Crippen molar-refractivity contribution in [1.82, 2.24) is 0 Å². The van der Waals surface area contributed by atoms with Crippen LogP contribution < -0.4 is 0 Å². The predicted molar refractivity (Wildman–Crippen MR) is 56.7 cm³/mol. The summed E-state index contributed by atoms with van der Waals surface area (Å²) in [4.78, 5) is 0. The van der Waals surface area contributed by atoms with Crippen LogP contribution in [0.5, 0.6) is 0 Å². The zero-order chi connectivity index (χ0) is 8.65. The fourth-order valence-electron chi connectivity index (χ4n) is 0.842. The van der Waals surface area contributed by atoms with E-state index in [1.165, 1.54) is 0 Å². The summed E-state index contributed by atoms with van der Waals surface area (Å²) in [7, 11) is 0.234. The van der Waals surface area contributed by atoms with Crippen molar-refractivity contribution in [2.45, 2.75) is 5.75 Å². The van der Waals surface area contributed by atoms with Gasteiger partial charge in [0.05, 0.1) is 0 Å². The Kier molecular flexibility index (Phi) is 4.17. The number of hydrogen-bond donors (Lipinski definition) is 0. The summed E-state index contributed by atoms with van der Waals surface area (Å²) in [5.41, 5.74) is 0. The fraction of sp³-hybridized carbons (Fsp3) is 0.0909. The molecule has 1 rings (SSSR count). The molecule has 0 N–H and O–H groups in total. The smallest absolute Gasteiger partial charge is 0.0980 e. The molecule has 0 amide bonds. The highest BCUT2D eigenvalue weighted by Gasteiger charge is 1.90. The zero-order valence-electron chi connectivity index (χ0n) is 7.02. The van der Waals surface area contributed by atoms with Crippen LogP contribution in [0.25, 0.3) is 0 Å². The second-order valence-electron chi connectivity index (χ2n) is 2.35. The molecule has 1 aromatic heterocycles. The molecule has 0 aliphatic carbocycles. The van der Waals surface area contributed by atoms with E-state index >= 15 is 0 Å². The van der Waals surface area contributed by atoms with Gasteiger partial charge in [0.15, 0.2) is 0 Å². The fourth-order valence-corrected chi connectivity index (χ4v) is 2.01. The van der Waals surface area contributed by atoms with Gasteiger partial charge in [-0.1, -0.05) is 30.8 Å². The molecule has 0 fully saturated rings. The van der Waals surface area contributed by atoms with Crippen molar-refractivity contribution in [3.63, 3.8) is 0 Å². The van der Waals surface area contributed by atoms with Gasteiger partial charge in [-0.25, -0.2) is 0 Å². The number of hydrogen-bond acceptors (Lipinski definition) is 0. The Morgan fingerprint density at radius 1 is 0.917 bits per heavy atom. The van der Waals surface area contributed by atoms with E-state index in [1.54, 1.807) is 0 Å². The summed E-state index contributed by atoms with van der Waals surface area (Å²) in [6.45, 7) is 3.74. The SMILES string of the molecule is C=CC[s+]1cccccccc1. The molecule has 0 bridgehead atoms. The van der Waals surface area contributed by atoms with E-state index in [2.05, 4.69) is 29.5 Å². The number of allylic oxidation sites excluding steroid dienone is 1. The highest BCUT2D eigenvalue weighted by atomic mass is 32.2. The summed E-state index contributed by atoms with van der Waals surface area (Å²) in [6.07, 6.45) is 1.96. The lowest BCUT2D eigenvalue weighted by Crippen LogP contribution is -1.60. The minimum atomic E-state index is 0.234. The molecule has 0 unspecified atom stereocenters. The molecule has 0 atom stereocenters. The van der Waals surface area contributed by atoms with E-state index in [0.717, 1.165) is 5.75 Å². The van der Waals surface area contributed by atoms with Gasteiger partial charge in [-0.05, 0) is 28.7 Å². The lowest BCUT2D eigenvalue weighted by molar-refractivity contribution is 1.62. The lowest BCUT2D eigenvalue weighted by Gasteiger charge is -1.78. The van der Waals surface area contributed by atoms with Crippen LogP contribution in [0, 0.1) is 0 Å². The molecule has 0 saturated heterocycles. The molecule has 1 aromatic rings. The average Bonchev–Trinajstić information content (AvgIpc) is 2.19. The third-order valence-electron chi connectivity index (χ3n) is 1.37. The van der Waals surface area contributed by atoms with Crippen molar-refractivity contribution in [1.29, 1.82) is 0 Å². The number of rotatable bonds is 2. The summed E-state index contributed by atoms with van der Waals surface area (Å²) >= 11 is 0. The Balaban J connectivity index is 3.01. The molecule has 0 nitrogen and oxygen atoms in total. The van der Waals surface area contributed by atoms with Crippen molar-refractivity contribution >= 4 is 10.5 Å². The first-order chi connectivity index (χ1) is 5.93. The predicted octanol–water partition coefficient (Wildman–Crippen LogP) is 3.75. The summed E-state index contributed by atoms with van der Waals surface area (Å²) in [5, 5.41) is 4.42. The minimum absolute atomic E-state index is 0.234. The van der Waals surface area contributed by atoms with E-state index in [-0.39, 0.29) is 10.5 Å². The highest BCUT2D eigenvalue weighted by Crippen LogP contribution is 2.13. The first-order valence-corrected chi connectivity index (χ1v) is 5.43. The zero-order valence-corrected chi connectivity index (χ0v) is 7.84. The van der Waals surface area contributed by atoms with Crippen LogP contribution in [-0.4, -0.2) is 0 Å². The van der Waals surface area contributed by atoms with Gasteiger partial charge in [-0.15, -0.1) is 0 Å². The summed E-state index contributed by atoms with van der Waals surface area (Å²) in [5.74, 6) is 1.04. The first kappa shape index (κ1) is 9.01. The van der Waals surface area contributed by atoms with Crippen LogP contribution in [0.2, 0.25) is 0 Å². The topological polar surface area (TPSA) is 0 Å². The maximum Gasteiger partial charge on any atom is 0.145 e. The van der Waals surface area contributed by atoms with Gasteiger partial charge in [-0.3, -0.25) is 0 Å². The highest BCUT2D eigenvalue weighted by molar-refractivity contribution is 7.27. The Morgan fingerprint density at radius 2 is 1.42 bits per heavy atom. The molecule has 0 radical (unpaired) electrons. The average molecular weight is 177 g/mol. The molecule has 0 aliphatic rings. The van der Waals surface area contributed by atoms with Gasteiger partial charge in [0.25, 0.3) is 0 Å². The van der Waals surface area contributed by atoms with Gasteiger partial charge in [0.2, 0.25) is 0 Å². The second-order valence-corrected chi connectivity index (χ2v) is 4.17. The van der Waals surface area contributed by atoms with Crippen molar-refractivity contribution in [3.8, 4) is 0 Å². The molecule has 0 aliphatic heterocycles. The Labute approximate surface area is 76.5 Å². The molecular formula is C11H13S+. The third kappa shape index (κ3) is 3.35. The van der Waals surface area contributed by atoms with Crippen molar-refractivity contribution in [3.05, 3.63) is 59.8 Å². The molecule has 1 heterocycles. The van der Waals surface area contributed by atoms with E-state index in [4.69, 9.17) is 0 Å². The van der Waals surface area contributed by atoms with Crippen molar-refractivity contribution in [2.75, 3.05) is 0 Å². The summed E-state index contributed by atoms with van der Waals surface area (Å²) in [6, 6.07) is 12.3. The lowest BCUT2D eigenvalue weighted by atomic mass is 10.5.